The maximum atomic E-state index is 14.9. The van der Waals surface area contributed by atoms with E-state index in [1.807, 2.05) is 0 Å². The van der Waals surface area contributed by atoms with Gasteiger partial charge < -0.3 is 18.5 Å². The van der Waals surface area contributed by atoms with E-state index in [0.717, 1.165) is 51.4 Å². The summed E-state index contributed by atoms with van der Waals surface area (Å²) in [6.45, 7) is 4.62. The Morgan fingerprint density at radius 1 is 0.540 bits per heavy atom. The molecule has 0 saturated heterocycles. The molecule has 0 aromatic heterocycles. The van der Waals surface area contributed by atoms with Crippen LogP contribution in [0.25, 0.3) is 0 Å². The summed E-state index contributed by atoms with van der Waals surface area (Å²) in [6, 6.07) is 6.27. The first kappa shape index (κ1) is 40.7. The summed E-state index contributed by atoms with van der Waals surface area (Å²) >= 11 is 0. The molecule has 0 N–H and O–H groups in total. The number of rotatable bonds is 22. The van der Waals surface area contributed by atoms with Crippen LogP contribution in [0, 0.1) is 35.1 Å². The molecule has 0 atom stereocenters. The molecule has 2 aromatic rings. The minimum absolute atomic E-state index is 0.0358. The standard InChI is InChI=1S/C40H59F4O5P/c1-3-5-7-11-29-13-17-31(18-14-29)33-21-23-35(39(43)37(33)41)46-25-9-27-48-50(45)49-28-10-26-47-36-24-22-34(38(42)40(36)44)32-19-15-30(16-20-32)12-8-6-4-2/h21-24,29-32,50H,3-20,25-28H2,1-2H3. The fourth-order valence-corrected chi connectivity index (χ4v) is 8.38. The van der Waals surface area contributed by atoms with Crippen molar-refractivity contribution in [1.82, 2.24) is 0 Å². The first-order valence-corrected chi connectivity index (χ1v) is 20.6. The highest BCUT2D eigenvalue weighted by molar-refractivity contribution is 7.33. The fraction of sp³-hybridized carbons (Fsp3) is 0.700. The first-order valence-electron chi connectivity index (χ1n) is 19.3. The molecule has 2 aliphatic carbocycles. The largest absolute Gasteiger partial charge is 0.490 e. The van der Waals surface area contributed by atoms with Gasteiger partial charge in [-0.3, -0.25) is 4.57 Å². The smallest absolute Gasteiger partial charge is 0.319 e. The third kappa shape index (κ3) is 12.5. The lowest BCUT2D eigenvalue weighted by Gasteiger charge is -2.29. The van der Waals surface area contributed by atoms with Gasteiger partial charge in [0.1, 0.15) is 0 Å². The van der Waals surface area contributed by atoms with Crippen LogP contribution in [0.4, 0.5) is 17.6 Å². The number of hydrogen-bond acceptors (Lipinski definition) is 5. The summed E-state index contributed by atoms with van der Waals surface area (Å²) in [6.07, 6.45) is 18.2. The third-order valence-electron chi connectivity index (χ3n) is 10.7. The third-order valence-corrected chi connectivity index (χ3v) is 11.6. The Balaban J connectivity index is 1.07. The lowest BCUT2D eigenvalue weighted by atomic mass is 9.77. The molecule has 0 spiro atoms. The predicted molar refractivity (Wildman–Crippen MR) is 192 cm³/mol. The minimum Gasteiger partial charge on any atom is -0.490 e. The van der Waals surface area contributed by atoms with Gasteiger partial charge in [0.05, 0.1) is 26.4 Å². The minimum atomic E-state index is -2.79. The van der Waals surface area contributed by atoms with E-state index < -0.39 is 31.5 Å². The molecular formula is C40H59F4O5P. The molecule has 0 amide bonds. The normalized spacial score (nSPS) is 21.6. The van der Waals surface area contributed by atoms with Crippen LogP contribution in [0.2, 0.25) is 0 Å². The molecular weight excluding hydrogens is 667 g/mol. The quantitative estimate of drug-likeness (QED) is 0.0687. The molecule has 10 heteroatoms. The zero-order chi connectivity index (χ0) is 35.7. The van der Waals surface area contributed by atoms with Gasteiger partial charge in [0.2, 0.25) is 11.6 Å². The van der Waals surface area contributed by atoms with E-state index in [-0.39, 0.29) is 49.8 Å². The highest BCUT2D eigenvalue weighted by atomic mass is 31.1. The maximum absolute atomic E-state index is 14.9. The van der Waals surface area contributed by atoms with Crippen molar-refractivity contribution in [2.24, 2.45) is 11.8 Å². The Labute approximate surface area is 298 Å². The van der Waals surface area contributed by atoms with E-state index in [1.54, 1.807) is 12.1 Å². The van der Waals surface area contributed by atoms with Gasteiger partial charge in [0, 0.05) is 12.8 Å². The second-order valence-electron chi connectivity index (χ2n) is 14.3. The van der Waals surface area contributed by atoms with E-state index in [9.17, 15) is 22.1 Å². The van der Waals surface area contributed by atoms with E-state index in [0.29, 0.717) is 35.8 Å². The van der Waals surface area contributed by atoms with Crippen molar-refractivity contribution in [2.45, 2.75) is 141 Å². The lowest BCUT2D eigenvalue weighted by molar-refractivity contribution is 0.190. The Kier molecular flexibility index (Phi) is 18.0. The molecule has 0 radical (unpaired) electrons. The Hall–Kier alpha value is -2.09. The number of hydrogen-bond donors (Lipinski definition) is 0. The van der Waals surface area contributed by atoms with Gasteiger partial charge in [0.25, 0.3) is 0 Å². The highest BCUT2D eigenvalue weighted by Gasteiger charge is 2.28. The van der Waals surface area contributed by atoms with Crippen molar-refractivity contribution in [3.63, 3.8) is 0 Å². The molecule has 5 nitrogen and oxygen atoms in total. The van der Waals surface area contributed by atoms with Crippen LogP contribution in [-0.4, -0.2) is 26.4 Å². The van der Waals surface area contributed by atoms with Crippen LogP contribution < -0.4 is 9.47 Å². The van der Waals surface area contributed by atoms with Crippen LogP contribution in [0.5, 0.6) is 11.5 Å². The van der Waals surface area contributed by atoms with Gasteiger partial charge in [0.15, 0.2) is 23.1 Å². The second kappa shape index (κ2) is 22.1. The Morgan fingerprint density at radius 3 is 1.32 bits per heavy atom. The topological polar surface area (TPSA) is 54.0 Å². The van der Waals surface area contributed by atoms with E-state index in [1.165, 1.54) is 63.5 Å². The van der Waals surface area contributed by atoms with Crippen molar-refractivity contribution in [2.75, 3.05) is 26.4 Å². The summed E-state index contributed by atoms with van der Waals surface area (Å²) in [5.41, 5.74) is 0.865. The SMILES string of the molecule is CCCCCC1CCC(c2ccc(OCCCO[PH](=O)OCCCOc3ccc(C4CCC(CCCCC)CC4)c(F)c3F)c(F)c2F)CC1. The second-order valence-corrected chi connectivity index (χ2v) is 15.4. The van der Waals surface area contributed by atoms with Crippen molar-refractivity contribution < 1.29 is 40.6 Å². The van der Waals surface area contributed by atoms with Gasteiger partial charge in [-0.2, -0.15) is 8.78 Å². The molecule has 4 rings (SSSR count). The number of ether oxygens (including phenoxy) is 2. The Bertz CT molecular complexity index is 1210. The van der Waals surface area contributed by atoms with Gasteiger partial charge in [-0.25, -0.2) is 8.78 Å². The summed E-state index contributed by atoms with van der Waals surface area (Å²) < 4.78 is 92.8. The lowest BCUT2D eigenvalue weighted by Crippen LogP contribution is -2.15. The average Bonchev–Trinajstić information content (AvgIpc) is 3.12. The summed E-state index contributed by atoms with van der Waals surface area (Å²) in [7, 11) is -2.79. The van der Waals surface area contributed by atoms with Crippen molar-refractivity contribution in [3.8, 4) is 11.5 Å². The van der Waals surface area contributed by atoms with Crippen molar-refractivity contribution in [1.29, 1.82) is 0 Å². The van der Waals surface area contributed by atoms with Gasteiger partial charge in [-0.15, -0.1) is 0 Å². The Morgan fingerprint density at radius 2 is 0.940 bits per heavy atom. The van der Waals surface area contributed by atoms with Gasteiger partial charge in [-0.1, -0.05) is 77.3 Å². The van der Waals surface area contributed by atoms with Crippen LogP contribution in [0.15, 0.2) is 24.3 Å². The summed E-state index contributed by atoms with van der Waals surface area (Å²) in [5, 5.41) is 0. The highest BCUT2D eigenvalue weighted by Crippen LogP contribution is 2.41. The average molecular weight is 727 g/mol. The molecule has 0 unspecified atom stereocenters. The number of benzene rings is 2. The fourth-order valence-electron chi connectivity index (χ4n) is 7.67. The zero-order valence-electron chi connectivity index (χ0n) is 30.2. The molecule has 2 aliphatic rings. The van der Waals surface area contributed by atoms with Gasteiger partial charge >= 0.3 is 8.25 Å². The van der Waals surface area contributed by atoms with Gasteiger partial charge in [-0.05, 0) is 98.3 Å². The molecule has 50 heavy (non-hydrogen) atoms. The monoisotopic (exact) mass is 726 g/mol. The van der Waals surface area contributed by atoms with Crippen LogP contribution in [0.3, 0.4) is 0 Å². The molecule has 2 aromatic carbocycles. The maximum Gasteiger partial charge on any atom is 0.319 e. The molecule has 0 heterocycles. The van der Waals surface area contributed by atoms with Crippen LogP contribution >= 0.6 is 8.25 Å². The van der Waals surface area contributed by atoms with Crippen LogP contribution in [0.1, 0.15) is 152 Å². The van der Waals surface area contributed by atoms with E-state index >= 15 is 0 Å². The molecule has 2 saturated carbocycles. The molecule has 0 bridgehead atoms. The van der Waals surface area contributed by atoms with Crippen molar-refractivity contribution >= 4 is 8.25 Å². The van der Waals surface area contributed by atoms with Crippen LogP contribution in [-0.2, 0) is 13.6 Å². The molecule has 0 aliphatic heterocycles. The van der Waals surface area contributed by atoms with E-state index in [2.05, 4.69) is 13.8 Å². The molecule has 2 fully saturated rings. The number of unbranched alkanes of at least 4 members (excludes halogenated alkanes) is 4. The summed E-state index contributed by atoms with van der Waals surface area (Å²) in [5.74, 6) is -2.43. The number of halogens is 4. The van der Waals surface area contributed by atoms with Crippen molar-refractivity contribution in [3.05, 3.63) is 58.7 Å². The molecule has 282 valence electrons. The van der Waals surface area contributed by atoms with E-state index in [4.69, 9.17) is 18.5 Å². The first-order chi connectivity index (χ1) is 24.3. The zero-order valence-corrected chi connectivity index (χ0v) is 31.2. The summed E-state index contributed by atoms with van der Waals surface area (Å²) in [4.78, 5) is 0. The predicted octanol–water partition coefficient (Wildman–Crippen LogP) is 12.6.